The van der Waals surface area contributed by atoms with Gasteiger partial charge >= 0.3 is 0 Å². The number of ether oxygens (including phenoxy) is 1. The topological polar surface area (TPSA) is 29.5 Å². The molecule has 0 radical (unpaired) electrons. The van der Waals surface area contributed by atoms with Crippen molar-refractivity contribution in [2.45, 2.75) is 38.2 Å². The minimum absolute atomic E-state index is 0.471. The van der Waals surface area contributed by atoms with Crippen LogP contribution in [-0.4, -0.2) is 23.9 Å². The van der Waals surface area contributed by atoms with E-state index in [0.29, 0.717) is 25.6 Å². The van der Waals surface area contributed by atoms with Crippen molar-refractivity contribution >= 4 is 0 Å². The lowest BCUT2D eigenvalue weighted by Gasteiger charge is -2.20. The fraction of sp³-hybridized carbons (Fsp3) is 0.571. The predicted octanol–water partition coefficient (Wildman–Crippen LogP) is 2.50. The van der Waals surface area contributed by atoms with Crippen molar-refractivity contribution in [1.82, 2.24) is 0 Å². The first-order chi connectivity index (χ1) is 7.59. The lowest BCUT2D eigenvalue weighted by molar-refractivity contribution is 0.0270. The Bertz CT molecular complexity index is 334. The lowest BCUT2D eigenvalue weighted by Crippen LogP contribution is -2.31. The Morgan fingerprint density at radius 2 is 2.00 bits per heavy atom. The zero-order chi connectivity index (χ0) is 11.6. The van der Waals surface area contributed by atoms with Crippen molar-refractivity contribution in [3.63, 3.8) is 0 Å². The normalized spacial score (nSPS) is 25.2. The maximum Gasteiger partial charge on any atom is 0.0942 e. The molecule has 0 aromatic heterocycles. The molecule has 1 atom stereocenters. The van der Waals surface area contributed by atoms with Crippen LogP contribution in [0.25, 0.3) is 0 Å². The molecule has 16 heavy (non-hydrogen) atoms. The van der Waals surface area contributed by atoms with E-state index in [2.05, 4.69) is 38.1 Å². The van der Waals surface area contributed by atoms with Gasteiger partial charge in [-0.25, -0.2) is 0 Å². The Hall–Kier alpha value is -0.860. The highest BCUT2D eigenvalue weighted by molar-refractivity contribution is 5.25. The molecule has 2 heteroatoms. The third-order valence-electron chi connectivity index (χ3n) is 3.26. The van der Waals surface area contributed by atoms with Crippen molar-refractivity contribution < 1.29 is 9.84 Å². The van der Waals surface area contributed by atoms with Crippen LogP contribution in [0.15, 0.2) is 24.3 Å². The summed E-state index contributed by atoms with van der Waals surface area (Å²) in [5.41, 5.74) is 1.90. The molecule has 0 spiro atoms. The van der Waals surface area contributed by atoms with E-state index in [9.17, 15) is 5.11 Å². The monoisotopic (exact) mass is 220 g/mol. The Labute approximate surface area is 97.3 Å². The van der Waals surface area contributed by atoms with E-state index in [1.807, 2.05) is 0 Å². The number of hydrogen-bond donors (Lipinski definition) is 1. The Balaban J connectivity index is 2.05. The molecule has 0 amide bonds. The first-order valence-corrected chi connectivity index (χ1v) is 5.98. The molecule has 1 aromatic carbocycles. The molecule has 88 valence electrons. The summed E-state index contributed by atoms with van der Waals surface area (Å²) < 4.78 is 5.24. The molecule has 1 aromatic rings. The van der Waals surface area contributed by atoms with Crippen LogP contribution < -0.4 is 0 Å². The van der Waals surface area contributed by atoms with E-state index < -0.39 is 5.60 Å². The quantitative estimate of drug-likeness (QED) is 0.848. The third kappa shape index (κ3) is 2.63. The third-order valence-corrected chi connectivity index (χ3v) is 3.26. The highest BCUT2D eigenvalue weighted by atomic mass is 16.5. The molecule has 1 N–H and O–H groups in total. The summed E-state index contributed by atoms with van der Waals surface area (Å²) in [5, 5.41) is 10.2. The molecule has 1 unspecified atom stereocenters. The molecule has 2 nitrogen and oxygen atoms in total. The number of rotatable bonds is 3. The number of aliphatic hydroxyl groups is 1. The summed E-state index contributed by atoms with van der Waals surface area (Å²) in [6, 6.07) is 8.54. The maximum atomic E-state index is 10.2. The number of benzene rings is 1. The minimum atomic E-state index is -0.640. The van der Waals surface area contributed by atoms with E-state index >= 15 is 0 Å². The van der Waals surface area contributed by atoms with Crippen LogP contribution in [0.4, 0.5) is 0 Å². The average molecular weight is 220 g/mol. The fourth-order valence-electron chi connectivity index (χ4n) is 2.14. The Morgan fingerprint density at radius 3 is 2.50 bits per heavy atom. The van der Waals surface area contributed by atoms with Crippen LogP contribution in [0.3, 0.4) is 0 Å². The molecule has 0 bridgehead atoms. The highest BCUT2D eigenvalue weighted by Gasteiger charge is 2.32. The van der Waals surface area contributed by atoms with Gasteiger partial charge in [-0.05, 0) is 17.0 Å². The fourth-order valence-corrected chi connectivity index (χ4v) is 2.14. The van der Waals surface area contributed by atoms with E-state index in [1.165, 1.54) is 11.1 Å². The van der Waals surface area contributed by atoms with Crippen LogP contribution >= 0.6 is 0 Å². The van der Waals surface area contributed by atoms with E-state index in [0.717, 1.165) is 6.42 Å². The summed E-state index contributed by atoms with van der Waals surface area (Å²) in [4.78, 5) is 0. The molecule has 1 saturated heterocycles. The molecular weight excluding hydrogens is 200 g/mol. The second-order valence-corrected chi connectivity index (χ2v) is 5.10. The molecule has 1 fully saturated rings. The largest absolute Gasteiger partial charge is 0.387 e. The Morgan fingerprint density at radius 1 is 1.31 bits per heavy atom. The molecule has 0 saturated carbocycles. The zero-order valence-electron chi connectivity index (χ0n) is 10.1. The van der Waals surface area contributed by atoms with Gasteiger partial charge in [0, 0.05) is 19.4 Å². The molecular formula is C14H20O2. The van der Waals surface area contributed by atoms with E-state index in [1.54, 1.807) is 0 Å². The van der Waals surface area contributed by atoms with Crippen LogP contribution in [0.2, 0.25) is 0 Å². The van der Waals surface area contributed by atoms with Crippen molar-refractivity contribution in [1.29, 1.82) is 0 Å². The van der Waals surface area contributed by atoms with E-state index in [-0.39, 0.29) is 0 Å². The maximum absolute atomic E-state index is 10.2. The van der Waals surface area contributed by atoms with Gasteiger partial charge in [0.1, 0.15) is 0 Å². The summed E-state index contributed by atoms with van der Waals surface area (Å²) in [7, 11) is 0. The van der Waals surface area contributed by atoms with Gasteiger partial charge in [0.2, 0.25) is 0 Å². The van der Waals surface area contributed by atoms with Gasteiger partial charge in [-0.3, -0.25) is 0 Å². The summed E-state index contributed by atoms with van der Waals surface area (Å²) in [5.74, 6) is 0.562. The number of hydrogen-bond acceptors (Lipinski definition) is 2. The van der Waals surface area contributed by atoms with Gasteiger partial charge in [0.05, 0.1) is 12.2 Å². The standard InChI is InChI=1S/C14H20O2/c1-11(2)13-5-3-12(4-6-13)9-14(15)7-8-16-10-14/h3-6,11,15H,7-10H2,1-2H3. The van der Waals surface area contributed by atoms with Gasteiger partial charge in [-0.1, -0.05) is 38.1 Å². The van der Waals surface area contributed by atoms with Crippen LogP contribution in [0, 0.1) is 0 Å². The van der Waals surface area contributed by atoms with Crippen molar-refractivity contribution in [3.8, 4) is 0 Å². The smallest absolute Gasteiger partial charge is 0.0942 e. The summed E-state index contributed by atoms with van der Waals surface area (Å²) in [6.45, 7) is 5.53. The van der Waals surface area contributed by atoms with Gasteiger partial charge < -0.3 is 9.84 Å². The van der Waals surface area contributed by atoms with Gasteiger partial charge in [-0.2, -0.15) is 0 Å². The first kappa shape index (κ1) is 11.6. The SMILES string of the molecule is CC(C)c1ccc(CC2(O)CCOC2)cc1. The van der Waals surface area contributed by atoms with Crippen LogP contribution in [0.5, 0.6) is 0 Å². The molecule has 1 aliphatic heterocycles. The van der Waals surface area contributed by atoms with Crippen LogP contribution in [0.1, 0.15) is 37.3 Å². The first-order valence-electron chi connectivity index (χ1n) is 5.98. The predicted molar refractivity (Wildman–Crippen MR) is 64.6 cm³/mol. The lowest BCUT2D eigenvalue weighted by atomic mass is 9.92. The van der Waals surface area contributed by atoms with Crippen molar-refractivity contribution in [2.75, 3.05) is 13.2 Å². The second-order valence-electron chi connectivity index (χ2n) is 5.10. The van der Waals surface area contributed by atoms with Gasteiger partial charge in [-0.15, -0.1) is 0 Å². The van der Waals surface area contributed by atoms with Crippen molar-refractivity contribution in [2.24, 2.45) is 0 Å². The molecule has 1 aliphatic rings. The molecule has 1 heterocycles. The van der Waals surface area contributed by atoms with Gasteiger partial charge in [0.25, 0.3) is 0 Å². The highest BCUT2D eigenvalue weighted by Crippen LogP contribution is 2.24. The van der Waals surface area contributed by atoms with Crippen LogP contribution in [-0.2, 0) is 11.2 Å². The summed E-state index contributed by atoms with van der Waals surface area (Å²) in [6.07, 6.45) is 1.45. The molecule has 0 aliphatic carbocycles. The zero-order valence-corrected chi connectivity index (χ0v) is 10.1. The Kier molecular flexibility index (Phi) is 3.31. The van der Waals surface area contributed by atoms with Crippen molar-refractivity contribution in [3.05, 3.63) is 35.4 Å². The van der Waals surface area contributed by atoms with Gasteiger partial charge in [0.15, 0.2) is 0 Å². The minimum Gasteiger partial charge on any atom is -0.387 e. The molecule has 2 rings (SSSR count). The summed E-state index contributed by atoms with van der Waals surface area (Å²) >= 11 is 0. The average Bonchev–Trinajstić information content (AvgIpc) is 2.65. The second kappa shape index (κ2) is 4.56. The van der Waals surface area contributed by atoms with E-state index in [4.69, 9.17) is 4.74 Å².